The van der Waals surface area contributed by atoms with Crippen molar-refractivity contribution in [2.24, 2.45) is 17.8 Å². The Kier molecular flexibility index (Phi) is 3.43. The largest absolute Gasteiger partial charge is 0.342 e. The van der Waals surface area contributed by atoms with Gasteiger partial charge in [-0.1, -0.05) is 12.8 Å². The average Bonchev–Trinajstić information content (AvgIpc) is 3.02. The lowest BCUT2D eigenvalue weighted by Crippen LogP contribution is -2.61. The maximum absolute atomic E-state index is 12.7. The maximum Gasteiger partial charge on any atom is 0.225 e. The van der Waals surface area contributed by atoms with Crippen molar-refractivity contribution in [2.75, 3.05) is 19.6 Å². The number of piperidine rings is 3. The van der Waals surface area contributed by atoms with Gasteiger partial charge in [0.1, 0.15) is 0 Å². The zero-order valence-corrected chi connectivity index (χ0v) is 12.8. The molecule has 1 aliphatic carbocycles. The first-order valence-electron chi connectivity index (χ1n) is 8.80. The van der Waals surface area contributed by atoms with Crippen LogP contribution in [0.4, 0.5) is 0 Å². The molecular formula is C17H26N2O2. The number of nitrogens with zero attached hydrogens (tertiary/aromatic N) is 2. The molecule has 0 radical (unpaired) electrons. The van der Waals surface area contributed by atoms with Crippen molar-refractivity contribution in [3.8, 4) is 0 Å². The molecule has 2 bridgehead atoms. The fourth-order valence-corrected chi connectivity index (χ4v) is 5.22. The third-order valence-electron chi connectivity index (χ3n) is 6.20. The minimum absolute atomic E-state index is 0.299. The quantitative estimate of drug-likeness (QED) is 0.741. The van der Waals surface area contributed by atoms with Crippen molar-refractivity contribution in [2.45, 2.75) is 57.4 Å². The zero-order chi connectivity index (χ0) is 14.4. The highest BCUT2D eigenvalue weighted by molar-refractivity contribution is 5.80. The first kappa shape index (κ1) is 13.6. The van der Waals surface area contributed by atoms with Gasteiger partial charge in [-0.25, -0.2) is 0 Å². The topological polar surface area (TPSA) is 40.6 Å². The molecule has 0 aromatic heterocycles. The van der Waals surface area contributed by atoms with E-state index in [9.17, 15) is 9.59 Å². The first-order chi connectivity index (χ1) is 10.2. The third-order valence-corrected chi connectivity index (χ3v) is 6.20. The smallest absolute Gasteiger partial charge is 0.225 e. The fraction of sp³-hybridized carbons (Fsp3) is 0.882. The Labute approximate surface area is 126 Å². The lowest BCUT2D eigenvalue weighted by Gasteiger charge is -2.52. The molecule has 4 fully saturated rings. The Bertz CT molecular complexity index is 444. The molecule has 3 saturated heterocycles. The van der Waals surface area contributed by atoms with Crippen molar-refractivity contribution in [3.63, 3.8) is 0 Å². The van der Waals surface area contributed by atoms with Crippen LogP contribution in [0.1, 0.15) is 51.4 Å². The van der Waals surface area contributed by atoms with Gasteiger partial charge >= 0.3 is 0 Å². The summed E-state index contributed by atoms with van der Waals surface area (Å²) in [5.74, 6) is 2.13. The fourth-order valence-electron chi connectivity index (χ4n) is 5.22. The predicted octanol–water partition coefficient (Wildman–Crippen LogP) is 2.04. The number of fused-ring (bicyclic) bond motifs is 4. The van der Waals surface area contributed by atoms with Gasteiger partial charge in [0.05, 0.1) is 0 Å². The molecule has 116 valence electrons. The highest BCUT2D eigenvalue weighted by Gasteiger charge is 2.45. The number of rotatable bonds is 1. The molecule has 3 aliphatic heterocycles. The van der Waals surface area contributed by atoms with Gasteiger partial charge in [0.25, 0.3) is 0 Å². The Morgan fingerprint density at radius 1 is 1.00 bits per heavy atom. The van der Waals surface area contributed by atoms with E-state index in [1.165, 1.54) is 19.3 Å². The van der Waals surface area contributed by atoms with Gasteiger partial charge in [-0.15, -0.1) is 0 Å². The van der Waals surface area contributed by atoms with Gasteiger partial charge in [-0.2, -0.15) is 0 Å². The van der Waals surface area contributed by atoms with E-state index in [4.69, 9.17) is 0 Å². The zero-order valence-electron chi connectivity index (χ0n) is 12.8. The van der Waals surface area contributed by atoms with E-state index in [1.54, 1.807) is 0 Å². The van der Waals surface area contributed by atoms with Crippen LogP contribution in [0.25, 0.3) is 0 Å². The molecule has 3 heterocycles. The van der Waals surface area contributed by atoms with Crippen LogP contribution < -0.4 is 0 Å². The first-order valence-corrected chi connectivity index (χ1v) is 8.80. The second-order valence-corrected chi connectivity index (χ2v) is 7.59. The minimum Gasteiger partial charge on any atom is -0.342 e. The summed E-state index contributed by atoms with van der Waals surface area (Å²) in [6.07, 6.45) is 8.79. The summed E-state index contributed by atoms with van der Waals surface area (Å²) in [5.41, 5.74) is 0. The van der Waals surface area contributed by atoms with Crippen molar-refractivity contribution in [1.82, 2.24) is 9.80 Å². The van der Waals surface area contributed by atoms with Gasteiger partial charge in [0.15, 0.2) is 0 Å². The molecule has 0 spiro atoms. The van der Waals surface area contributed by atoms with Crippen LogP contribution >= 0.6 is 0 Å². The number of carbonyl (C=O) groups is 2. The van der Waals surface area contributed by atoms with Gasteiger partial charge < -0.3 is 9.80 Å². The van der Waals surface area contributed by atoms with Gasteiger partial charge in [0.2, 0.25) is 11.8 Å². The Balaban J connectivity index is 1.48. The van der Waals surface area contributed by atoms with E-state index in [0.29, 0.717) is 35.6 Å². The molecule has 2 amide bonds. The van der Waals surface area contributed by atoms with Crippen LogP contribution in [-0.2, 0) is 9.59 Å². The Morgan fingerprint density at radius 2 is 1.81 bits per heavy atom. The molecule has 4 aliphatic rings. The predicted molar refractivity (Wildman–Crippen MR) is 79.5 cm³/mol. The third kappa shape index (κ3) is 2.36. The monoisotopic (exact) mass is 290 g/mol. The van der Waals surface area contributed by atoms with Gasteiger partial charge in [0, 0.05) is 38.0 Å². The molecule has 21 heavy (non-hydrogen) atoms. The number of carbonyl (C=O) groups excluding carboxylic acids is 2. The average molecular weight is 290 g/mol. The second-order valence-electron chi connectivity index (χ2n) is 7.59. The maximum atomic E-state index is 12.7. The van der Waals surface area contributed by atoms with Crippen LogP contribution in [0, 0.1) is 17.8 Å². The molecular weight excluding hydrogens is 264 g/mol. The van der Waals surface area contributed by atoms with Crippen molar-refractivity contribution >= 4 is 11.8 Å². The van der Waals surface area contributed by atoms with Crippen LogP contribution in [-0.4, -0.2) is 47.3 Å². The van der Waals surface area contributed by atoms with Crippen LogP contribution in [0.15, 0.2) is 0 Å². The van der Waals surface area contributed by atoms with E-state index in [-0.39, 0.29) is 0 Å². The van der Waals surface area contributed by atoms with Crippen LogP contribution in [0.5, 0.6) is 0 Å². The van der Waals surface area contributed by atoms with Gasteiger partial charge in [-0.05, 0) is 43.9 Å². The van der Waals surface area contributed by atoms with Gasteiger partial charge in [-0.3, -0.25) is 9.59 Å². The summed E-state index contributed by atoms with van der Waals surface area (Å²) in [5, 5.41) is 0. The highest BCUT2D eigenvalue weighted by Crippen LogP contribution is 2.39. The Morgan fingerprint density at radius 3 is 2.62 bits per heavy atom. The SMILES string of the molecule is O=C(C1CCCC1)N1CC2CC(C1)[C@H]1CCCC(=O)N1C2. The van der Waals surface area contributed by atoms with Crippen molar-refractivity contribution in [3.05, 3.63) is 0 Å². The molecule has 4 heteroatoms. The number of hydrogen-bond acceptors (Lipinski definition) is 2. The van der Waals surface area contributed by atoms with Crippen molar-refractivity contribution < 1.29 is 9.59 Å². The highest BCUT2D eigenvalue weighted by atomic mass is 16.2. The summed E-state index contributed by atoms with van der Waals surface area (Å²) in [6.45, 7) is 2.69. The second kappa shape index (κ2) is 5.29. The van der Waals surface area contributed by atoms with E-state index in [0.717, 1.165) is 51.7 Å². The van der Waals surface area contributed by atoms with E-state index in [2.05, 4.69) is 9.80 Å². The standard InChI is InChI=1S/C17H26N2O2/c20-16-7-3-6-15-14-8-12(10-19(15)16)9-18(11-14)17(21)13-4-1-2-5-13/h12-15H,1-11H2/t12?,14?,15-/m1/s1. The molecule has 0 aromatic rings. The summed E-state index contributed by atoms with van der Waals surface area (Å²) in [6, 6.07) is 0.418. The molecule has 2 unspecified atom stereocenters. The lowest BCUT2D eigenvalue weighted by molar-refractivity contribution is -0.150. The van der Waals surface area contributed by atoms with Crippen LogP contribution in [0.2, 0.25) is 0 Å². The molecule has 0 aromatic carbocycles. The van der Waals surface area contributed by atoms with E-state index < -0.39 is 0 Å². The number of hydrogen-bond donors (Lipinski definition) is 0. The number of amides is 2. The number of likely N-dealkylation sites (tertiary alicyclic amines) is 1. The van der Waals surface area contributed by atoms with Crippen molar-refractivity contribution in [1.29, 1.82) is 0 Å². The summed E-state index contributed by atoms with van der Waals surface area (Å²) >= 11 is 0. The molecule has 4 nitrogen and oxygen atoms in total. The lowest BCUT2D eigenvalue weighted by atomic mass is 9.75. The normalized spacial score (nSPS) is 36.8. The minimum atomic E-state index is 0.299. The Hall–Kier alpha value is -1.06. The summed E-state index contributed by atoms with van der Waals surface area (Å²) in [4.78, 5) is 29.1. The molecule has 3 atom stereocenters. The van der Waals surface area contributed by atoms with Crippen LogP contribution in [0.3, 0.4) is 0 Å². The van der Waals surface area contributed by atoms with E-state index in [1.807, 2.05) is 0 Å². The molecule has 0 N–H and O–H groups in total. The molecule has 4 rings (SSSR count). The molecule has 1 saturated carbocycles. The van der Waals surface area contributed by atoms with E-state index >= 15 is 0 Å². The summed E-state index contributed by atoms with van der Waals surface area (Å²) < 4.78 is 0. The summed E-state index contributed by atoms with van der Waals surface area (Å²) in [7, 11) is 0.